The number of rotatable bonds is 10. The quantitative estimate of drug-likeness (QED) is 0.155. The standard InChI is InChI=1S/C41H39NO8/c1-50-33-21-25(16-19-32(33)43)37-27-17-18-28-36(40(49)42(39(28)48)20-10-4-9-15-35(45)46)30(27)22-31-38(47)29(24-11-5-2-6-12-24)23-34(44)41(31,37)26-13-7-3-8-14-26/h2-3,5-8,11-14,16-17,19,21,23,28,30-31,36-37,43H,4,9-10,15,18,20,22H2,1H3,(H,45,46). The number of hydrogen-bond acceptors (Lipinski definition) is 7. The van der Waals surface area contributed by atoms with E-state index >= 15 is 4.79 Å². The van der Waals surface area contributed by atoms with E-state index < -0.39 is 41.0 Å². The number of aliphatic carboxylic acids is 1. The summed E-state index contributed by atoms with van der Waals surface area (Å²) in [5.74, 6) is -5.03. The van der Waals surface area contributed by atoms with E-state index in [4.69, 9.17) is 9.84 Å². The molecular weight excluding hydrogens is 634 g/mol. The van der Waals surface area contributed by atoms with Gasteiger partial charge in [0.1, 0.15) is 0 Å². The second-order valence-corrected chi connectivity index (χ2v) is 13.8. The molecule has 3 aliphatic carbocycles. The minimum Gasteiger partial charge on any atom is -0.504 e. The SMILES string of the molecule is COc1cc(C2C3=CCC4C(=O)N(CCCCCC(=O)O)C(=O)C4C3CC3C(=O)C(c4ccccc4)=CC(=O)C32c2ccccc2)ccc1O. The average molecular weight is 674 g/mol. The number of methoxy groups -OCH3 is 1. The van der Waals surface area contributed by atoms with Gasteiger partial charge in [-0.1, -0.05) is 84.8 Å². The first-order chi connectivity index (χ1) is 24.2. The number of carboxylic acids is 1. The van der Waals surface area contributed by atoms with Crippen LogP contribution in [0.25, 0.3) is 5.57 Å². The Bertz CT molecular complexity index is 1930. The average Bonchev–Trinajstić information content (AvgIpc) is 3.37. The molecule has 9 nitrogen and oxygen atoms in total. The van der Waals surface area contributed by atoms with Crippen LogP contribution in [0.3, 0.4) is 0 Å². The van der Waals surface area contributed by atoms with Crippen LogP contribution in [0.5, 0.6) is 11.5 Å². The Morgan fingerprint density at radius 1 is 0.900 bits per heavy atom. The summed E-state index contributed by atoms with van der Waals surface area (Å²) in [4.78, 5) is 70.4. The molecule has 0 bridgehead atoms. The van der Waals surface area contributed by atoms with Crippen LogP contribution in [-0.2, 0) is 29.4 Å². The van der Waals surface area contributed by atoms with E-state index in [2.05, 4.69) is 0 Å². The van der Waals surface area contributed by atoms with Crippen LogP contribution in [0.1, 0.15) is 61.1 Å². The normalized spacial score (nSPS) is 27.2. The van der Waals surface area contributed by atoms with Crippen molar-refractivity contribution in [3.8, 4) is 11.5 Å². The highest BCUT2D eigenvalue weighted by Gasteiger charge is 2.65. The molecule has 4 aliphatic rings. The lowest BCUT2D eigenvalue weighted by Crippen LogP contribution is -2.58. The molecule has 1 saturated heterocycles. The van der Waals surface area contributed by atoms with Gasteiger partial charge in [0.05, 0.1) is 24.4 Å². The molecule has 2 N–H and O–H groups in total. The van der Waals surface area contributed by atoms with E-state index in [0.29, 0.717) is 47.9 Å². The number of fused-ring (bicyclic) bond motifs is 4. The topological polar surface area (TPSA) is 138 Å². The number of amides is 2. The van der Waals surface area contributed by atoms with E-state index in [1.165, 1.54) is 24.2 Å². The highest BCUT2D eigenvalue weighted by molar-refractivity contribution is 6.31. The highest BCUT2D eigenvalue weighted by atomic mass is 16.5. The number of benzene rings is 3. The van der Waals surface area contributed by atoms with Gasteiger partial charge in [-0.15, -0.1) is 0 Å². The van der Waals surface area contributed by atoms with Crippen molar-refractivity contribution in [2.75, 3.05) is 13.7 Å². The third-order valence-corrected chi connectivity index (χ3v) is 11.3. The minimum absolute atomic E-state index is 0.0304. The van der Waals surface area contributed by atoms with Crippen molar-refractivity contribution in [3.63, 3.8) is 0 Å². The Labute approximate surface area is 290 Å². The van der Waals surface area contributed by atoms with E-state index in [1.807, 2.05) is 66.7 Å². The molecule has 3 aromatic rings. The molecule has 1 heterocycles. The molecule has 9 heteroatoms. The van der Waals surface area contributed by atoms with Crippen molar-refractivity contribution in [1.29, 1.82) is 0 Å². The Morgan fingerprint density at radius 2 is 1.62 bits per heavy atom. The summed E-state index contributed by atoms with van der Waals surface area (Å²) in [5, 5.41) is 19.6. The molecule has 6 atom stereocenters. The van der Waals surface area contributed by atoms with E-state index in [9.17, 15) is 24.3 Å². The molecule has 50 heavy (non-hydrogen) atoms. The van der Waals surface area contributed by atoms with Gasteiger partial charge in [-0.2, -0.15) is 0 Å². The molecule has 3 aromatic carbocycles. The maximum Gasteiger partial charge on any atom is 0.303 e. The van der Waals surface area contributed by atoms with Gasteiger partial charge >= 0.3 is 5.97 Å². The summed E-state index contributed by atoms with van der Waals surface area (Å²) < 4.78 is 5.52. The molecule has 0 radical (unpaired) electrons. The number of Topliss-reactive ketones (excluding diaryl/α,β-unsaturated/α-hetero) is 1. The first-order valence-electron chi connectivity index (χ1n) is 17.2. The highest BCUT2D eigenvalue weighted by Crippen LogP contribution is 2.64. The molecule has 7 rings (SSSR count). The van der Waals surface area contributed by atoms with Crippen LogP contribution < -0.4 is 4.74 Å². The third kappa shape index (κ3) is 5.27. The number of imide groups is 1. The van der Waals surface area contributed by atoms with Gasteiger partial charge in [-0.3, -0.25) is 28.9 Å². The Hall–Kier alpha value is -5.31. The maximum absolute atomic E-state index is 15.1. The maximum atomic E-state index is 15.1. The van der Waals surface area contributed by atoms with Crippen molar-refractivity contribution in [2.45, 2.75) is 49.9 Å². The number of allylic oxidation sites excluding steroid dienone is 4. The minimum atomic E-state index is -1.37. The number of carbonyl (C=O) groups excluding carboxylic acids is 4. The van der Waals surface area contributed by atoms with Gasteiger partial charge in [0.25, 0.3) is 0 Å². The fraction of sp³-hybridized carbons (Fsp3) is 0.341. The van der Waals surface area contributed by atoms with Crippen LogP contribution >= 0.6 is 0 Å². The molecule has 1 aliphatic heterocycles. The van der Waals surface area contributed by atoms with Gasteiger partial charge in [0.15, 0.2) is 23.1 Å². The molecule has 256 valence electrons. The van der Waals surface area contributed by atoms with Crippen LogP contribution in [0.4, 0.5) is 0 Å². The molecule has 1 saturated carbocycles. The fourth-order valence-electron chi connectivity index (χ4n) is 9.13. The molecule has 0 spiro atoms. The number of nitrogens with zero attached hydrogens (tertiary/aromatic N) is 1. The monoisotopic (exact) mass is 673 g/mol. The fourth-order valence-corrected chi connectivity index (χ4v) is 9.13. The molecule has 2 fully saturated rings. The van der Waals surface area contributed by atoms with Crippen molar-refractivity contribution >= 4 is 34.9 Å². The first-order valence-corrected chi connectivity index (χ1v) is 17.2. The number of phenolic OH excluding ortho intramolecular Hbond substituents is 1. The molecule has 2 amide bonds. The van der Waals surface area contributed by atoms with Gasteiger partial charge in [-0.05, 0) is 66.5 Å². The number of aromatic hydroxyl groups is 1. The summed E-state index contributed by atoms with van der Waals surface area (Å²) in [6, 6.07) is 23.4. The summed E-state index contributed by atoms with van der Waals surface area (Å²) >= 11 is 0. The zero-order valence-corrected chi connectivity index (χ0v) is 27.8. The number of ketones is 2. The van der Waals surface area contributed by atoms with Gasteiger partial charge in [-0.25, -0.2) is 0 Å². The zero-order valence-electron chi connectivity index (χ0n) is 27.8. The van der Waals surface area contributed by atoms with Crippen molar-refractivity contribution in [1.82, 2.24) is 4.90 Å². The lowest BCUT2D eigenvalue weighted by atomic mass is 9.44. The number of hydrogen-bond donors (Lipinski definition) is 2. The summed E-state index contributed by atoms with van der Waals surface area (Å²) in [6.45, 7) is 0.209. The van der Waals surface area contributed by atoms with E-state index in [-0.39, 0.29) is 54.3 Å². The predicted molar refractivity (Wildman–Crippen MR) is 184 cm³/mol. The van der Waals surface area contributed by atoms with Gasteiger partial charge < -0.3 is 14.9 Å². The number of ether oxygens (including phenoxy) is 1. The number of unbranched alkanes of at least 4 members (excludes halogenated alkanes) is 2. The van der Waals surface area contributed by atoms with Crippen LogP contribution in [-0.4, -0.2) is 58.1 Å². The number of likely N-dealkylation sites (tertiary alicyclic amines) is 1. The number of carboxylic acid groups (broad SMARTS) is 1. The molecular formula is C41H39NO8. The van der Waals surface area contributed by atoms with Crippen LogP contribution in [0.2, 0.25) is 0 Å². The Morgan fingerprint density at radius 3 is 2.32 bits per heavy atom. The largest absolute Gasteiger partial charge is 0.504 e. The lowest BCUT2D eigenvalue weighted by Gasteiger charge is -2.55. The Balaban J connectivity index is 1.38. The molecule has 6 unspecified atom stereocenters. The molecule has 0 aromatic heterocycles. The number of phenols is 1. The predicted octanol–water partition coefficient (Wildman–Crippen LogP) is 5.87. The van der Waals surface area contributed by atoms with Crippen molar-refractivity contribution in [2.24, 2.45) is 23.7 Å². The number of carbonyl (C=O) groups is 5. The van der Waals surface area contributed by atoms with Gasteiger partial charge in [0, 0.05) is 30.4 Å². The second-order valence-electron chi connectivity index (χ2n) is 13.8. The lowest BCUT2D eigenvalue weighted by molar-refractivity contribution is -0.141. The summed E-state index contributed by atoms with van der Waals surface area (Å²) in [7, 11) is 1.45. The smallest absolute Gasteiger partial charge is 0.303 e. The van der Waals surface area contributed by atoms with Crippen molar-refractivity contribution < 1.29 is 38.9 Å². The first kappa shape index (κ1) is 33.2. The van der Waals surface area contributed by atoms with E-state index in [1.54, 1.807) is 12.1 Å². The second kappa shape index (κ2) is 13.2. The zero-order chi connectivity index (χ0) is 35.2. The van der Waals surface area contributed by atoms with Crippen molar-refractivity contribution in [3.05, 3.63) is 113 Å². The Kier molecular flexibility index (Phi) is 8.76. The third-order valence-electron chi connectivity index (χ3n) is 11.3. The van der Waals surface area contributed by atoms with E-state index in [0.717, 1.165) is 5.57 Å². The summed E-state index contributed by atoms with van der Waals surface area (Å²) in [5.41, 5.74) is 1.77. The van der Waals surface area contributed by atoms with Gasteiger partial charge in [0.2, 0.25) is 11.8 Å². The van der Waals surface area contributed by atoms with Crippen LogP contribution in [0, 0.1) is 23.7 Å². The summed E-state index contributed by atoms with van der Waals surface area (Å²) in [6.07, 6.45) is 5.57. The van der Waals surface area contributed by atoms with Crippen LogP contribution in [0.15, 0.2) is 96.6 Å².